The molecule has 98 valence electrons. The van der Waals surface area contributed by atoms with Gasteiger partial charge in [0.1, 0.15) is 0 Å². The summed E-state index contributed by atoms with van der Waals surface area (Å²) in [5.74, 6) is 0.332. The zero-order valence-electron chi connectivity index (χ0n) is 11.1. The third kappa shape index (κ3) is 2.22. The lowest BCUT2D eigenvalue weighted by molar-refractivity contribution is 0.287. The van der Waals surface area contributed by atoms with Crippen LogP contribution >= 0.6 is 11.6 Å². The minimum atomic E-state index is -0.0205. The average Bonchev–Trinajstić information content (AvgIpc) is 2.77. The fraction of sp³-hybridized carbons (Fsp3) is 0.667. The van der Waals surface area contributed by atoms with Gasteiger partial charge in [-0.15, -0.1) is 11.6 Å². The first-order chi connectivity index (χ1) is 8.66. The third-order valence-corrected chi connectivity index (χ3v) is 4.85. The van der Waals surface area contributed by atoms with Crippen LogP contribution in [0.25, 0.3) is 0 Å². The Labute approximate surface area is 115 Å². The van der Waals surface area contributed by atoms with Gasteiger partial charge in [0.15, 0.2) is 0 Å². The van der Waals surface area contributed by atoms with E-state index in [4.69, 9.17) is 11.6 Å². The maximum Gasteiger partial charge on any atom is 0.0725 e. The summed E-state index contributed by atoms with van der Waals surface area (Å²) < 4.78 is 0. The molecule has 1 N–H and O–H groups in total. The van der Waals surface area contributed by atoms with Crippen molar-refractivity contribution in [1.82, 2.24) is 5.32 Å². The largest absolute Gasteiger partial charge is 0.309 e. The number of rotatable bonds is 3. The van der Waals surface area contributed by atoms with Crippen LogP contribution in [0.5, 0.6) is 0 Å². The lowest BCUT2D eigenvalue weighted by atomic mass is 9.74. The lowest BCUT2D eigenvalue weighted by Crippen LogP contribution is -2.43. The summed E-state index contributed by atoms with van der Waals surface area (Å²) in [6.45, 7) is 5.22. The Hall–Kier alpha value is -0.780. The molecule has 2 rings (SSSR count). The van der Waals surface area contributed by atoms with Gasteiger partial charge in [-0.3, -0.25) is 0 Å². The monoisotopic (exact) mass is 264 g/mol. The molecule has 1 heterocycles. The van der Waals surface area contributed by atoms with E-state index in [1.165, 1.54) is 5.57 Å². The van der Waals surface area contributed by atoms with E-state index < -0.39 is 0 Å². The first-order valence-electron chi connectivity index (χ1n) is 6.83. The summed E-state index contributed by atoms with van der Waals surface area (Å²) in [5, 5.41) is 13.2. The van der Waals surface area contributed by atoms with Crippen LogP contribution in [-0.2, 0) is 0 Å². The van der Waals surface area contributed by atoms with Crippen LogP contribution in [-0.4, -0.2) is 17.5 Å². The molecule has 2 nitrogen and oxygen atoms in total. The molecule has 0 spiro atoms. The van der Waals surface area contributed by atoms with Crippen molar-refractivity contribution in [2.24, 2.45) is 11.8 Å². The van der Waals surface area contributed by atoms with Gasteiger partial charge < -0.3 is 5.32 Å². The summed E-state index contributed by atoms with van der Waals surface area (Å²) in [4.78, 5) is 0. The minimum Gasteiger partial charge on any atom is -0.309 e. The van der Waals surface area contributed by atoms with Gasteiger partial charge in [-0.25, -0.2) is 0 Å². The molecular formula is C15H21ClN2. The van der Waals surface area contributed by atoms with E-state index in [0.717, 1.165) is 25.8 Å². The number of nitrogens with zero attached hydrogens (tertiary/aromatic N) is 1. The van der Waals surface area contributed by atoms with Crippen molar-refractivity contribution in [1.29, 1.82) is 5.26 Å². The van der Waals surface area contributed by atoms with Crippen molar-refractivity contribution < 1.29 is 0 Å². The molecule has 3 atom stereocenters. The molecule has 0 radical (unpaired) electrons. The second-order valence-electron chi connectivity index (χ2n) is 5.28. The fourth-order valence-corrected chi connectivity index (χ4v) is 3.55. The van der Waals surface area contributed by atoms with E-state index in [0.29, 0.717) is 0 Å². The maximum absolute atomic E-state index is 9.56. The van der Waals surface area contributed by atoms with E-state index >= 15 is 0 Å². The van der Waals surface area contributed by atoms with Crippen molar-refractivity contribution in [3.05, 3.63) is 23.8 Å². The summed E-state index contributed by atoms with van der Waals surface area (Å²) in [6.07, 6.45) is 9.30. The van der Waals surface area contributed by atoms with E-state index in [1.807, 2.05) is 0 Å². The van der Waals surface area contributed by atoms with Crippen LogP contribution in [0, 0.1) is 23.2 Å². The topological polar surface area (TPSA) is 35.8 Å². The van der Waals surface area contributed by atoms with Gasteiger partial charge in [0.25, 0.3) is 0 Å². The highest BCUT2D eigenvalue weighted by molar-refractivity contribution is 6.22. The molecule has 0 aromatic rings. The molecule has 2 aliphatic rings. The molecule has 18 heavy (non-hydrogen) atoms. The summed E-state index contributed by atoms with van der Waals surface area (Å²) in [7, 11) is 0. The molecule has 1 saturated heterocycles. The summed E-state index contributed by atoms with van der Waals surface area (Å²) >= 11 is 6.19. The quantitative estimate of drug-likeness (QED) is 0.793. The molecule has 1 aliphatic carbocycles. The average molecular weight is 265 g/mol. The number of nitrogens with one attached hydrogen (secondary N) is 1. The molecule has 0 aromatic heterocycles. The highest BCUT2D eigenvalue weighted by atomic mass is 35.5. The number of nitriles is 1. The van der Waals surface area contributed by atoms with Crippen molar-refractivity contribution in [3.8, 4) is 6.07 Å². The van der Waals surface area contributed by atoms with Gasteiger partial charge in [-0.05, 0) is 24.8 Å². The van der Waals surface area contributed by atoms with Gasteiger partial charge in [0, 0.05) is 18.0 Å². The highest BCUT2D eigenvalue weighted by Crippen LogP contribution is 2.40. The molecular weight excluding hydrogens is 244 g/mol. The Bertz CT molecular complexity index is 401. The normalized spacial score (nSPS) is 34.1. The standard InChI is InChI=1S/C15H21ClN2/c1-3-15(4-2)14(9-17)13(10-18-15)11-6-5-7-12(16)8-11/h5-6,8,12-14,18H,3-4,7,10H2,1-2H3. The van der Waals surface area contributed by atoms with Crippen molar-refractivity contribution >= 4 is 11.6 Å². The van der Waals surface area contributed by atoms with Gasteiger partial charge in [0.05, 0.1) is 17.4 Å². The summed E-state index contributed by atoms with van der Waals surface area (Å²) in [5.41, 5.74) is 1.22. The van der Waals surface area contributed by atoms with Gasteiger partial charge in [0.2, 0.25) is 0 Å². The molecule has 0 saturated carbocycles. The fourth-order valence-electron chi connectivity index (χ4n) is 3.30. The number of alkyl halides is 1. The van der Waals surface area contributed by atoms with Gasteiger partial charge in [-0.2, -0.15) is 5.26 Å². The zero-order valence-corrected chi connectivity index (χ0v) is 11.9. The highest BCUT2D eigenvalue weighted by Gasteiger charge is 2.47. The lowest BCUT2D eigenvalue weighted by Gasteiger charge is -2.31. The first kappa shape index (κ1) is 13.6. The Morgan fingerprint density at radius 1 is 1.50 bits per heavy atom. The molecule has 0 aromatic carbocycles. The third-order valence-electron chi connectivity index (χ3n) is 4.55. The van der Waals surface area contributed by atoms with Crippen LogP contribution in [0.1, 0.15) is 33.1 Å². The van der Waals surface area contributed by atoms with Crippen LogP contribution in [0.3, 0.4) is 0 Å². The molecule has 3 heteroatoms. The maximum atomic E-state index is 9.56. The first-order valence-corrected chi connectivity index (χ1v) is 7.27. The second-order valence-corrected chi connectivity index (χ2v) is 5.84. The summed E-state index contributed by atoms with van der Waals surface area (Å²) in [6, 6.07) is 2.54. The van der Waals surface area contributed by atoms with Crippen LogP contribution in [0.15, 0.2) is 23.8 Å². The van der Waals surface area contributed by atoms with E-state index in [2.05, 4.69) is 43.5 Å². The molecule has 0 bridgehead atoms. The Kier molecular flexibility index (Phi) is 4.14. The molecule has 3 unspecified atom stereocenters. The number of hydrogen-bond acceptors (Lipinski definition) is 2. The van der Waals surface area contributed by atoms with Crippen molar-refractivity contribution in [2.45, 2.75) is 44.0 Å². The van der Waals surface area contributed by atoms with Gasteiger partial charge in [-0.1, -0.05) is 32.1 Å². The number of allylic oxidation sites excluding steroid dienone is 3. The van der Waals surface area contributed by atoms with E-state index in [1.54, 1.807) is 0 Å². The van der Waals surface area contributed by atoms with Gasteiger partial charge >= 0.3 is 0 Å². The molecule has 1 aliphatic heterocycles. The van der Waals surface area contributed by atoms with Crippen molar-refractivity contribution in [2.75, 3.05) is 6.54 Å². The second kappa shape index (κ2) is 5.47. The predicted molar refractivity (Wildman–Crippen MR) is 75.4 cm³/mol. The van der Waals surface area contributed by atoms with Crippen molar-refractivity contribution in [3.63, 3.8) is 0 Å². The Balaban J connectivity index is 2.26. The zero-order chi connectivity index (χ0) is 13.2. The number of halogens is 1. The van der Waals surface area contributed by atoms with Crippen LogP contribution < -0.4 is 5.32 Å². The Morgan fingerprint density at radius 3 is 2.78 bits per heavy atom. The van der Waals surface area contributed by atoms with E-state index in [-0.39, 0.29) is 22.8 Å². The van der Waals surface area contributed by atoms with Crippen LogP contribution in [0.2, 0.25) is 0 Å². The molecule has 0 amide bonds. The minimum absolute atomic E-state index is 0.0205. The van der Waals surface area contributed by atoms with E-state index in [9.17, 15) is 5.26 Å². The molecule has 1 fully saturated rings. The smallest absolute Gasteiger partial charge is 0.0725 e. The number of hydrogen-bond donors (Lipinski definition) is 1. The van der Waals surface area contributed by atoms with Crippen LogP contribution in [0.4, 0.5) is 0 Å². The predicted octanol–water partition coefficient (Wildman–Crippen LogP) is 3.40. The Morgan fingerprint density at radius 2 is 2.22 bits per heavy atom. The SMILES string of the molecule is CCC1(CC)NCC(C2=CC(Cl)CC=C2)C1C#N.